The highest BCUT2D eigenvalue weighted by atomic mass is 32.2. The monoisotopic (exact) mass is 302 g/mol. The molecule has 4 heteroatoms. The van der Waals surface area contributed by atoms with Gasteiger partial charge in [0, 0.05) is 0 Å². The van der Waals surface area contributed by atoms with E-state index >= 15 is 0 Å². The molecule has 0 aliphatic heterocycles. The third-order valence-corrected chi connectivity index (χ3v) is 5.62. The van der Waals surface area contributed by atoms with Crippen LogP contribution in [-0.2, 0) is 21.1 Å². The summed E-state index contributed by atoms with van der Waals surface area (Å²) in [5.74, 6) is -0.334. The maximum atomic E-state index is 12.7. The van der Waals surface area contributed by atoms with Crippen molar-refractivity contribution in [2.45, 2.75) is 30.4 Å². The Kier molecular flexibility index (Phi) is 4.58. The van der Waals surface area contributed by atoms with Gasteiger partial charge in [0.2, 0.25) is 0 Å². The molecule has 0 aliphatic carbocycles. The fourth-order valence-electron chi connectivity index (χ4n) is 2.19. The van der Waals surface area contributed by atoms with Gasteiger partial charge >= 0.3 is 0 Å². The molecule has 0 heterocycles. The molecule has 2 aromatic rings. The van der Waals surface area contributed by atoms with Crippen molar-refractivity contribution in [2.24, 2.45) is 0 Å². The fraction of sp³-hybridized carbons (Fsp3) is 0.235. The van der Waals surface area contributed by atoms with Gasteiger partial charge in [0.15, 0.2) is 9.84 Å². The van der Waals surface area contributed by atoms with Gasteiger partial charge in [0.25, 0.3) is 0 Å². The zero-order valence-corrected chi connectivity index (χ0v) is 12.9. The molecule has 0 bridgehead atoms. The molecule has 0 radical (unpaired) electrons. The van der Waals surface area contributed by atoms with Gasteiger partial charge in [-0.1, -0.05) is 48.0 Å². The number of hydrogen-bond donors (Lipinski definition) is 0. The highest BCUT2D eigenvalue weighted by molar-refractivity contribution is 7.92. The fourth-order valence-corrected chi connectivity index (χ4v) is 3.89. The summed E-state index contributed by atoms with van der Waals surface area (Å²) in [5.41, 5.74) is 1.82. The van der Waals surface area contributed by atoms with Gasteiger partial charge in [-0.15, -0.1) is 0 Å². The smallest absolute Gasteiger partial charge is 0.188 e. The van der Waals surface area contributed by atoms with E-state index in [0.29, 0.717) is 0 Å². The van der Waals surface area contributed by atoms with Crippen LogP contribution in [0.15, 0.2) is 59.5 Å². The minimum absolute atomic E-state index is 0.198. The quantitative estimate of drug-likeness (QED) is 0.853. The minimum atomic E-state index is -3.66. The number of aryl methyl sites for hydroxylation is 1. The average molecular weight is 302 g/mol. The summed E-state index contributed by atoms with van der Waals surface area (Å²) in [5, 5.41) is -1.04. The lowest BCUT2D eigenvalue weighted by atomic mass is 10.1. The van der Waals surface area contributed by atoms with E-state index in [9.17, 15) is 13.2 Å². The summed E-state index contributed by atoms with van der Waals surface area (Å²) in [4.78, 5) is 12.1. The summed E-state index contributed by atoms with van der Waals surface area (Å²) >= 11 is 0. The average Bonchev–Trinajstić information content (AvgIpc) is 2.46. The predicted octanol–water partition coefficient (Wildman–Crippen LogP) is 2.97. The molecule has 0 aliphatic rings. The summed E-state index contributed by atoms with van der Waals surface area (Å²) in [6.45, 7) is 3.22. The third-order valence-electron chi connectivity index (χ3n) is 3.44. The number of benzene rings is 2. The van der Waals surface area contributed by atoms with E-state index in [1.807, 2.05) is 37.3 Å². The van der Waals surface area contributed by atoms with Gasteiger partial charge < -0.3 is 0 Å². The van der Waals surface area contributed by atoms with Crippen LogP contribution in [0.4, 0.5) is 0 Å². The molecule has 21 heavy (non-hydrogen) atoms. The number of sulfone groups is 1. The Balaban J connectivity index is 2.37. The molecule has 0 aromatic heterocycles. The van der Waals surface area contributed by atoms with E-state index in [1.165, 1.54) is 6.92 Å². The molecular weight excluding hydrogens is 284 g/mol. The second kappa shape index (κ2) is 6.22. The molecule has 0 fully saturated rings. The lowest BCUT2D eigenvalue weighted by molar-refractivity contribution is -0.116. The Morgan fingerprint density at radius 2 is 1.57 bits per heavy atom. The van der Waals surface area contributed by atoms with Crippen molar-refractivity contribution in [2.75, 3.05) is 0 Å². The van der Waals surface area contributed by atoms with Gasteiger partial charge in [0.05, 0.1) is 4.90 Å². The number of ketones is 1. The second-order valence-corrected chi connectivity index (χ2v) is 7.28. The summed E-state index contributed by atoms with van der Waals surface area (Å²) in [6, 6.07) is 15.8. The normalized spacial score (nSPS) is 12.9. The van der Waals surface area contributed by atoms with E-state index in [-0.39, 0.29) is 17.1 Å². The van der Waals surface area contributed by atoms with Crippen molar-refractivity contribution in [3.8, 4) is 0 Å². The molecular formula is C17H18O3S. The Labute approximate surface area is 125 Å². The van der Waals surface area contributed by atoms with Gasteiger partial charge in [-0.25, -0.2) is 8.42 Å². The predicted molar refractivity (Wildman–Crippen MR) is 83.0 cm³/mol. The van der Waals surface area contributed by atoms with Crippen molar-refractivity contribution in [3.63, 3.8) is 0 Å². The van der Waals surface area contributed by atoms with Crippen LogP contribution in [-0.4, -0.2) is 19.5 Å². The van der Waals surface area contributed by atoms with Crippen LogP contribution < -0.4 is 0 Å². The lowest BCUT2D eigenvalue weighted by Gasteiger charge is -2.15. The Morgan fingerprint density at radius 3 is 2.10 bits per heavy atom. The van der Waals surface area contributed by atoms with Gasteiger partial charge in [-0.2, -0.15) is 0 Å². The SMILES string of the molecule is CC(=O)C(Cc1ccccc1)S(=O)(=O)c1ccc(C)cc1. The summed E-state index contributed by atoms with van der Waals surface area (Å²) in [6.07, 6.45) is 0.201. The zero-order valence-electron chi connectivity index (χ0n) is 12.1. The van der Waals surface area contributed by atoms with Gasteiger partial charge in [0.1, 0.15) is 11.0 Å². The molecule has 1 atom stereocenters. The first kappa shape index (κ1) is 15.4. The largest absolute Gasteiger partial charge is 0.299 e. The molecule has 1 unspecified atom stereocenters. The van der Waals surface area contributed by atoms with Crippen LogP contribution in [0.25, 0.3) is 0 Å². The van der Waals surface area contributed by atoms with Crippen molar-refractivity contribution in [1.82, 2.24) is 0 Å². The zero-order chi connectivity index (χ0) is 15.5. The maximum Gasteiger partial charge on any atom is 0.188 e. The summed E-state index contributed by atoms with van der Waals surface area (Å²) < 4.78 is 25.3. The third kappa shape index (κ3) is 3.58. The number of Topliss-reactive ketones (excluding diaryl/α,β-unsaturated/α-hetero) is 1. The molecule has 0 amide bonds. The van der Waals surface area contributed by atoms with Gasteiger partial charge in [-0.05, 0) is 38.0 Å². The van der Waals surface area contributed by atoms with Crippen molar-refractivity contribution < 1.29 is 13.2 Å². The van der Waals surface area contributed by atoms with Crippen LogP contribution >= 0.6 is 0 Å². The first-order valence-electron chi connectivity index (χ1n) is 6.76. The van der Waals surface area contributed by atoms with E-state index < -0.39 is 15.1 Å². The molecule has 0 saturated carbocycles. The topological polar surface area (TPSA) is 51.2 Å². The second-order valence-electron chi connectivity index (χ2n) is 5.15. The van der Waals surface area contributed by atoms with E-state index in [1.54, 1.807) is 24.3 Å². The van der Waals surface area contributed by atoms with Crippen LogP contribution in [0.1, 0.15) is 18.1 Å². The number of rotatable bonds is 5. The van der Waals surface area contributed by atoms with E-state index in [4.69, 9.17) is 0 Å². The first-order chi connectivity index (χ1) is 9.91. The van der Waals surface area contributed by atoms with Crippen LogP contribution in [0, 0.1) is 6.92 Å². The van der Waals surface area contributed by atoms with Crippen molar-refractivity contribution in [3.05, 3.63) is 65.7 Å². The molecule has 110 valence electrons. The minimum Gasteiger partial charge on any atom is -0.299 e. The Hall–Kier alpha value is -1.94. The molecule has 2 rings (SSSR count). The number of hydrogen-bond acceptors (Lipinski definition) is 3. The van der Waals surface area contributed by atoms with Gasteiger partial charge in [-0.3, -0.25) is 4.79 Å². The highest BCUT2D eigenvalue weighted by Crippen LogP contribution is 2.20. The number of carbonyl (C=O) groups is 1. The molecule has 0 spiro atoms. The Bertz CT molecular complexity index is 716. The number of carbonyl (C=O) groups excluding carboxylic acids is 1. The lowest BCUT2D eigenvalue weighted by Crippen LogP contribution is -2.31. The van der Waals surface area contributed by atoms with Crippen molar-refractivity contribution >= 4 is 15.6 Å². The van der Waals surface area contributed by atoms with Crippen LogP contribution in [0.3, 0.4) is 0 Å². The van der Waals surface area contributed by atoms with E-state index in [2.05, 4.69) is 0 Å². The van der Waals surface area contributed by atoms with Crippen molar-refractivity contribution in [1.29, 1.82) is 0 Å². The molecule has 3 nitrogen and oxygen atoms in total. The maximum absolute atomic E-state index is 12.7. The van der Waals surface area contributed by atoms with Crippen LogP contribution in [0.5, 0.6) is 0 Å². The molecule has 2 aromatic carbocycles. The summed E-state index contributed by atoms with van der Waals surface area (Å²) in [7, 11) is -3.66. The van der Waals surface area contributed by atoms with Crippen LogP contribution in [0.2, 0.25) is 0 Å². The standard InChI is InChI=1S/C17H18O3S/c1-13-8-10-16(11-9-13)21(19,20)17(14(2)18)12-15-6-4-3-5-7-15/h3-11,17H,12H2,1-2H3. The first-order valence-corrected chi connectivity index (χ1v) is 8.31. The Morgan fingerprint density at radius 1 is 1.00 bits per heavy atom. The highest BCUT2D eigenvalue weighted by Gasteiger charge is 2.31. The van der Waals surface area contributed by atoms with E-state index in [0.717, 1.165) is 11.1 Å². The molecule has 0 N–H and O–H groups in total. The molecule has 0 saturated heterocycles.